The third-order valence-electron chi connectivity index (χ3n) is 6.49. The fourth-order valence-electron chi connectivity index (χ4n) is 5.25. The van der Waals surface area contributed by atoms with Crippen molar-refractivity contribution in [3.63, 3.8) is 0 Å². The molecule has 0 aliphatic heterocycles. The Morgan fingerprint density at radius 1 is 0.618 bits per heavy atom. The molecule has 0 aromatic heterocycles. The van der Waals surface area contributed by atoms with Crippen molar-refractivity contribution in [3.8, 4) is 0 Å². The van der Waals surface area contributed by atoms with E-state index in [9.17, 15) is 14.4 Å². The van der Waals surface area contributed by atoms with E-state index in [1.807, 2.05) is 124 Å². The Balaban J connectivity index is 2.34. The molecule has 4 nitrogen and oxygen atoms in total. The van der Waals surface area contributed by atoms with E-state index in [-0.39, 0.29) is 0 Å². The van der Waals surface area contributed by atoms with Gasteiger partial charge in [0.05, 0.1) is 0 Å². The van der Waals surface area contributed by atoms with Gasteiger partial charge in [-0.25, -0.2) is 0 Å². The number of hydrogen-bond donors (Lipinski definition) is 2. The van der Waals surface area contributed by atoms with E-state index in [1.165, 1.54) is 0 Å². The van der Waals surface area contributed by atoms with E-state index in [0.29, 0.717) is 6.16 Å². The molecule has 6 heteroatoms. The summed E-state index contributed by atoms with van der Waals surface area (Å²) in [7, 11) is -4.99. The van der Waals surface area contributed by atoms with E-state index >= 15 is 0 Å². The molecule has 0 unspecified atom stereocenters. The van der Waals surface area contributed by atoms with Crippen LogP contribution in [0.5, 0.6) is 0 Å². The van der Waals surface area contributed by atoms with Crippen molar-refractivity contribution in [3.05, 3.63) is 125 Å². The zero-order chi connectivity index (χ0) is 24.4. The van der Waals surface area contributed by atoms with Crippen molar-refractivity contribution in [2.45, 2.75) is 26.9 Å². The van der Waals surface area contributed by atoms with Gasteiger partial charge in [-0.2, -0.15) is 0 Å². The summed E-state index contributed by atoms with van der Waals surface area (Å²) >= 11 is 0. The van der Waals surface area contributed by atoms with Gasteiger partial charge in [-0.3, -0.25) is 0 Å². The first-order valence-electron chi connectivity index (χ1n) is 11.2. The fourth-order valence-corrected chi connectivity index (χ4v) is 14.3. The molecule has 0 aliphatic carbocycles. The molecule has 4 aromatic rings. The molecule has 0 aliphatic rings. The third kappa shape index (κ3) is 4.18. The van der Waals surface area contributed by atoms with Crippen LogP contribution in [0.25, 0.3) is 0 Å². The molecular weight excluding hydrogens is 462 g/mol. The summed E-state index contributed by atoms with van der Waals surface area (Å²) < 4.78 is 19.4. The molecule has 0 fully saturated rings. The van der Waals surface area contributed by atoms with Gasteiger partial charge < -0.3 is 0 Å². The summed E-state index contributed by atoms with van der Waals surface area (Å²) in [5.41, 5.74) is 3.73. The van der Waals surface area contributed by atoms with Crippen LogP contribution in [0.3, 0.4) is 0 Å². The van der Waals surface area contributed by atoms with E-state index in [2.05, 4.69) is 0 Å². The van der Waals surface area contributed by atoms with Gasteiger partial charge in [-0.05, 0) is 0 Å². The fraction of sp³-hybridized carbons (Fsp3) is 0.143. The van der Waals surface area contributed by atoms with Gasteiger partial charge in [0.25, 0.3) is 0 Å². The molecule has 4 rings (SSSR count). The van der Waals surface area contributed by atoms with Gasteiger partial charge in [-0.15, -0.1) is 0 Å². The van der Waals surface area contributed by atoms with Crippen LogP contribution in [0.4, 0.5) is 0 Å². The van der Waals surface area contributed by atoms with E-state index < -0.39 is 14.7 Å². The molecule has 34 heavy (non-hydrogen) atoms. The van der Waals surface area contributed by atoms with E-state index in [1.54, 1.807) is 0 Å². The predicted octanol–water partition coefficient (Wildman–Crippen LogP) is 5.67. The Hall–Kier alpha value is -2.58. The SMILES string of the molecule is Cc1ccccc1P(Cc1ccccc1)(OP(=O)(O)O)(c1ccccc1C)c1ccccc1C. The van der Waals surface area contributed by atoms with Crippen molar-refractivity contribution >= 4 is 30.6 Å². The number of phosphoric acid groups is 1. The average Bonchev–Trinajstić information content (AvgIpc) is 2.79. The zero-order valence-electron chi connectivity index (χ0n) is 19.6. The predicted molar refractivity (Wildman–Crippen MR) is 143 cm³/mol. The Labute approximate surface area is 201 Å². The van der Waals surface area contributed by atoms with Crippen molar-refractivity contribution in [1.29, 1.82) is 0 Å². The Morgan fingerprint density at radius 3 is 1.32 bits per heavy atom. The van der Waals surface area contributed by atoms with Crippen LogP contribution < -0.4 is 15.9 Å². The maximum absolute atomic E-state index is 13.0. The molecular formula is C28H30O4P2. The van der Waals surface area contributed by atoms with Crippen LogP contribution >= 0.6 is 14.7 Å². The molecule has 0 bridgehead atoms. The van der Waals surface area contributed by atoms with Gasteiger partial charge in [0.1, 0.15) is 0 Å². The van der Waals surface area contributed by atoms with Crippen molar-refractivity contribution < 1.29 is 18.7 Å². The Morgan fingerprint density at radius 2 is 0.971 bits per heavy atom. The molecule has 0 spiro atoms. The van der Waals surface area contributed by atoms with Crippen LogP contribution in [-0.4, -0.2) is 9.79 Å². The summed E-state index contributed by atoms with van der Waals surface area (Å²) in [6.07, 6.45) is 0.318. The minimum absolute atomic E-state index is 0.318. The molecule has 0 radical (unpaired) electrons. The monoisotopic (exact) mass is 492 g/mol. The first kappa shape index (κ1) is 24.5. The molecule has 4 aromatic carbocycles. The van der Waals surface area contributed by atoms with Gasteiger partial charge >= 0.3 is 202 Å². The van der Waals surface area contributed by atoms with Gasteiger partial charge in [-0.1, -0.05) is 0 Å². The number of rotatable bonds is 7. The van der Waals surface area contributed by atoms with E-state index in [0.717, 1.165) is 38.2 Å². The van der Waals surface area contributed by atoms with Crippen molar-refractivity contribution in [2.24, 2.45) is 0 Å². The number of hydrogen-bond acceptors (Lipinski definition) is 2. The summed E-state index contributed by atoms with van der Waals surface area (Å²) in [6.45, 7) is 1.68. The number of aryl methyl sites for hydroxylation is 3. The third-order valence-corrected chi connectivity index (χ3v) is 14.3. The minimum atomic E-state index is -4.99. The molecule has 176 valence electrons. The number of benzene rings is 4. The first-order chi connectivity index (χ1) is 16.2. The molecule has 0 atom stereocenters. The van der Waals surface area contributed by atoms with Crippen LogP contribution in [0.1, 0.15) is 22.3 Å². The summed E-state index contributed by atoms with van der Waals surface area (Å²) in [5, 5.41) is 2.47. The van der Waals surface area contributed by atoms with Gasteiger partial charge in [0.15, 0.2) is 0 Å². The maximum atomic E-state index is 13.0. The van der Waals surface area contributed by atoms with Crippen molar-refractivity contribution in [1.82, 2.24) is 0 Å². The summed E-state index contributed by atoms with van der Waals surface area (Å²) in [6, 6.07) is 33.3. The second-order valence-corrected chi connectivity index (χ2v) is 14.6. The molecule has 0 heterocycles. The normalized spacial score (nSPS) is 13.3. The quantitative estimate of drug-likeness (QED) is 0.327. The Bertz CT molecular complexity index is 1250. The standard InChI is InChI=1S/C28H30O4P2/c1-22-13-7-10-18-26(22)34(32-33(29,30)31,21-25-16-5-4-6-17-25,27-19-11-8-14-23(27)2)28-20-12-9-15-24(28)3/h4-20H,21H2,1-3H3,(H2,29,30,31). The topological polar surface area (TPSA) is 66.8 Å². The second-order valence-electron chi connectivity index (χ2n) is 8.79. The van der Waals surface area contributed by atoms with Crippen LogP contribution in [0.2, 0.25) is 0 Å². The van der Waals surface area contributed by atoms with Crippen LogP contribution in [0.15, 0.2) is 103 Å². The first-order valence-corrected chi connectivity index (χ1v) is 15.1. The van der Waals surface area contributed by atoms with Crippen molar-refractivity contribution in [2.75, 3.05) is 0 Å². The summed E-state index contributed by atoms with van der Waals surface area (Å²) in [5.74, 6) is 0. The van der Waals surface area contributed by atoms with Crippen LogP contribution in [-0.2, 0) is 15.0 Å². The Kier molecular flexibility index (Phi) is 6.66. The molecule has 2 N–H and O–H groups in total. The average molecular weight is 492 g/mol. The molecule has 0 saturated heterocycles. The summed E-state index contributed by atoms with van der Waals surface area (Å²) in [4.78, 5) is 21.1. The molecule has 0 amide bonds. The van der Waals surface area contributed by atoms with E-state index in [4.69, 9.17) is 4.31 Å². The molecule has 0 saturated carbocycles. The van der Waals surface area contributed by atoms with Gasteiger partial charge in [0, 0.05) is 0 Å². The zero-order valence-corrected chi connectivity index (χ0v) is 21.4. The van der Waals surface area contributed by atoms with Gasteiger partial charge in [0.2, 0.25) is 0 Å². The van der Waals surface area contributed by atoms with Crippen LogP contribution in [0, 0.1) is 20.8 Å². The second kappa shape index (κ2) is 9.23.